The molecule has 1 aromatic carbocycles. The van der Waals surface area contributed by atoms with Crippen LogP contribution in [0, 0.1) is 18.3 Å². The molecule has 8 nitrogen and oxygen atoms in total. The number of hydrogen-bond acceptors (Lipinski definition) is 7. The summed E-state index contributed by atoms with van der Waals surface area (Å²) in [4.78, 5) is 25.9. The first-order valence-electron chi connectivity index (χ1n) is 9.82. The van der Waals surface area contributed by atoms with Crippen molar-refractivity contribution < 1.29 is 9.32 Å². The number of pyridine rings is 1. The summed E-state index contributed by atoms with van der Waals surface area (Å²) in [5, 5.41) is 12.8. The largest absolute Gasteiger partial charge is 0.339 e. The van der Waals surface area contributed by atoms with Crippen molar-refractivity contribution in [1.29, 1.82) is 5.26 Å². The molecule has 30 heavy (non-hydrogen) atoms. The molecule has 152 valence electrons. The van der Waals surface area contributed by atoms with Crippen LogP contribution in [0.25, 0.3) is 11.4 Å². The molecule has 1 unspecified atom stereocenters. The highest BCUT2D eigenvalue weighted by Gasteiger charge is 2.28. The zero-order chi connectivity index (χ0) is 21.1. The second-order valence-electron chi connectivity index (χ2n) is 7.45. The van der Waals surface area contributed by atoms with Gasteiger partial charge in [0.05, 0.1) is 11.3 Å². The van der Waals surface area contributed by atoms with E-state index < -0.39 is 0 Å². The van der Waals surface area contributed by atoms with Crippen molar-refractivity contribution in [2.45, 2.75) is 26.4 Å². The summed E-state index contributed by atoms with van der Waals surface area (Å²) < 4.78 is 5.04. The van der Waals surface area contributed by atoms with Gasteiger partial charge < -0.3 is 9.42 Å². The Labute approximate surface area is 174 Å². The van der Waals surface area contributed by atoms with Crippen molar-refractivity contribution in [3.63, 3.8) is 0 Å². The first-order valence-corrected chi connectivity index (χ1v) is 9.82. The maximum atomic E-state index is 13.1. The molecule has 0 radical (unpaired) electrons. The van der Waals surface area contributed by atoms with Gasteiger partial charge in [-0.1, -0.05) is 17.3 Å². The molecular weight excluding hydrogens is 380 g/mol. The van der Waals surface area contributed by atoms with Gasteiger partial charge in [0.1, 0.15) is 6.07 Å². The van der Waals surface area contributed by atoms with Gasteiger partial charge in [0.2, 0.25) is 11.7 Å². The summed E-state index contributed by atoms with van der Waals surface area (Å²) in [5.74, 6) is 0.971. The number of carbonyl (C=O) groups excluding carboxylic acids is 1. The Morgan fingerprint density at radius 3 is 2.83 bits per heavy atom. The van der Waals surface area contributed by atoms with E-state index >= 15 is 0 Å². The van der Waals surface area contributed by atoms with Crippen molar-refractivity contribution >= 4 is 5.91 Å². The Bertz CT molecular complexity index is 1090. The van der Waals surface area contributed by atoms with Crippen molar-refractivity contribution in [2.75, 3.05) is 19.6 Å². The monoisotopic (exact) mass is 402 g/mol. The van der Waals surface area contributed by atoms with Crippen molar-refractivity contribution in [3.8, 4) is 17.5 Å². The lowest BCUT2D eigenvalue weighted by Crippen LogP contribution is -2.53. The molecule has 1 saturated heterocycles. The van der Waals surface area contributed by atoms with E-state index in [1.165, 1.54) is 0 Å². The van der Waals surface area contributed by atoms with E-state index in [4.69, 9.17) is 9.78 Å². The Morgan fingerprint density at radius 2 is 2.17 bits per heavy atom. The quantitative estimate of drug-likeness (QED) is 0.661. The molecule has 0 bridgehead atoms. The molecule has 4 rings (SSSR count). The fourth-order valence-corrected chi connectivity index (χ4v) is 3.67. The van der Waals surface area contributed by atoms with Crippen LogP contribution in [0.15, 0.2) is 47.1 Å². The summed E-state index contributed by atoms with van der Waals surface area (Å²) in [7, 11) is 0. The summed E-state index contributed by atoms with van der Waals surface area (Å²) in [6, 6.07) is 13.2. The van der Waals surface area contributed by atoms with Crippen molar-refractivity contribution in [3.05, 3.63) is 65.3 Å². The number of nitrogens with zero attached hydrogens (tertiary/aromatic N) is 6. The Balaban J connectivity index is 1.42. The van der Waals surface area contributed by atoms with Gasteiger partial charge in [-0.25, -0.2) is 0 Å². The van der Waals surface area contributed by atoms with Gasteiger partial charge in [-0.15, -0.1) is 0 Å². The third-order valence-corrected chi connectivity index (χ3v) is 5.21. The van der Waals surface area contributed by atoms with Crippen LogP contribution in [0.2, 0.25) is 0 Å². The molecule has 3 heterocycles. The lowest BCUT2D eigenvalue weighted by Gasteiger charge is -2.39. The third kappa shape index (κ3) is 4.21. The summed E-state index contributed by atoms with van der Waals surface area (Å²) in [5.41, 5.74) is 2.85. The smallest absolute Gasteiger partial charge is 0.254 e. The van der Waals surface area contributed by atoms with Crippen LogP contribution in [-0.4, -0.2) is 56.5 Å². The lowest BCUT2D eigenvalue weighted by atomic mass is 10.1. The van der Waals surface area contributed by atoms with Gasteiger partial charge in [-0.3, -0.25) is 14.7 Å². The minimum atomic E-state index is 0.000662. The highest BCUT2D eigenvalue weighted by atomic mass is 16.5. The van der Waals surface area contributed by atoms with E-state index in [2.05, 4.69) is 33.0 Å². The first-order chi connectivity index (χ1) is 14.5. The van der Waals surface area contributed by atoms with E-state index in [1.807, 2.05) is 35.2 Å². The molecule has 0 aliphatic carbocycles. The molecule has 1 aliphatic rings. The standard InChI is InChI=1S/C22H22N6O2/c1-15-13-27(14-20-7-6-17(11-23)12-24-20)8-9-28(15)22(29)19-5-3-4-18(10-19)21-25-16(2)30-26-21/h3-7,10,12,15H,8-9,13-14H2,1-2H3. The van der Waals surface area contributed by atoms with E-state index in [0.717, 1.165) is 24.3 Å². The first kappa shape index (κ1) is 19.7. The minimum absolute atomic E-state index is 0.000662. The van der Waals surface area contributed by atoms with Gasteiger partial charge in [0.25, 0.3) is 5.91 Å². The van der Waals surface area contributed by atoms with E-state index in [0.29, 0.717) is 35.9 Å². The maximum Gasteiger partial charge on any atom is 0.254 e. The zero-order valence-electron chi connectivity index (χ0n) is 16.9. The fourth-order valence-electron chi connectivity index (χ4n) is 3.67. The fraction of sp³-hybridized carbons (Fsp3) is 0.318. The van der Waals surface area contributed by atoms with Gasteiger partial charge in [-0.2, -0.15) is 10.2 Å². The number of nitriles is 1. The molecule has 0 saturated carbocycles. The molecule has 3 aromatic rings. The van der Waals surface area contributed by atoms with Gasteiger partial charge in [-0.05, 0) is 31.2 Å². The molecule has 1 amide bonds. The number of amides is 1. The number of rotatable bonds is 4. The Morgan fingerprint density at radius 1 is 1.30 bits per heavy atom. The van der Waals surface area contributed by atoms with E-state index in [-0.39, 0.29) is 11.9 Å². The summed E-state index contributed by atoms with van der Waals surface area (Å²) in [6.45, 7) is 6.66. The predicted molar refractivity (Wildman–Crippen MR) is 109 cm³/mol. The lowest BCUT2D eigenvalue weighted by molar-refractivity contribution is 0.0473. The van der Waals surface area contributed by atoms with Crippen LogP contribution in [0.4, 0.5) is 0 Å². The molecule has 1 aliphatic heterocycles. The molecule has 8 heteroatoms. The molecule has 0 spiro atoms. The van der Waals surface area contributed by atoms with Crippen LogP contribution in [-0.2, 0) is 6.54 Å². The number of hydrogen-bond donors (Lipinski definition) is 0. The van der Waals surface area contributed by atoms with E-state index in [1.54, 1.807) is 19.2 Å². The molecule has 0 N–H and O–H groups in total. The molecular formula is C22H22N6O2. The number of carbonyl (C=O) groups is 1. The number of aryl methyl sites for hydroxylation is 1. The summed E-state index contributed by atoms with van der Waals surface area (Å²) >= 11 is 0. The van der Waals surface area contributed by atoms with Gasteiger partial charge in [0, 0.05) is 56.5 Å². The number of benzene rings is 1. The maximum absolute atomic E-state index is 13.1. The highest BCUT2D eigenvalue weighted by molar-refractivity contribution is 5.95. The average molecular weight is 402 g/mol. The molecule has 1 atom stereocenters. The Hall–Kier alpha value is -3.57. The number of aromatic nitrogens is 3. The normalized spacial score (nSPS) is 17.0. The van der Waals surface area contributed by atoms with Gasteiger partial charge >= 0.3 is 0 Å². The van der Waals surface area contributed by atoms with E-state index in [9.17, 15) is 4.79 Å². The molecule has 2 aromatic heterocycles. The topological polar surface area (TPSA) is 99.2 Å². The minimum Gasteiger partial charge on any atom is -0.339 e. The van der Waals surface area contributed by atoms with Crippen LogP contribution in [0.5, 0.6) is 0 Å². The predicted octanol–water partition coefficient (Wildman–Crippen LogP) is 2.66. The average Bonchev–Trinajstić information content (AvgIpc) is 3.20. The van der Waals surface area contributed by atoms with Crippen LogP contribution < -0.4 is 0 Å². The second-order valence-corrected chi connectivity index (χ2v) is 7.45. The van der Waals surface area contributed by atoms with Crippen LogP contribution >= 0.6 is 0 Å². The SMILES string of the molecule is Cc1nc(-c2cccc(C(=O)N3CCN(Cc4ccc(C#N)cn4)CC3C)c2)no1. The van der Waals surface area contributed by atoms with Crippen molar-refractivity contribution in [2.24, 2.45) is 0 Å². The summed E-state index contributed by atoms with van der Waals surface area (Å²) in [6.07, 6.45) is 1.59. The van der Waals surface area contributed by atoms with Gasteiger partial charge in [0.15, 0.2) is 0 Å². The van der Waals surface area contributed by atoms with Crippen LogP contribution in [0.1, 0.15) is 34.4 Å². The van der Waals surface area contributed by atoms with Crippen LogP contribution in [0.3, 0.4) is 0 Å². The third-order valence-electron chi connectivity index (χ3n) is 5.21. The molecule has 1 fully saturated rings. The highest BCUT2D eigenvalue weighted by Crippen LogP contribution is 2.20. The van der Waals surface area contributed by atoms with Crippen molar-refractivity contribution in [1.82, 2.24) is 24.9 Å². The second kappa shape index (κ2) is 8.43. The zero-order valence-corrected chi connectivity index (χ0v) is 16.9. The Kier molecular flexibility index (Phi) is 5.55. The number of piperazine rings is 1.